The fraction of sp³-hybridized carbons (Fsp3) is 0.375. The minimum Gasteiger partial charge on any atom is -0.492 e. The van der Waals surface area contributed by atoms with E-state index in [9.17, 15) is 4.79 Å². The number of aryl methyl sites for hydroxylation is 1. The van der Waals surface area contributed by atoms with Crippen LogP contribution in [0.25, 0.3) is 16.5 Å². The average molecular weight is 570 g/mol. The molecule has 0 aliphatic carbocycles. The molecule has 9 heteroatoms. The smallest absolute Gasteiger partial charge is 0.324 e. The van der Waals surface area contributed by atoms with Gasteiger partial charge >= 0.3 is 6.03 Å². The highest BCUT2D eigenvalue weighted by molar-refractivity contribution is 6.54. The Hall–Kier alpha value is -3.66. The first-order chi connectivity index (χ1) is 20.0. The molecule has 0 atom stereocenters. The SMILES string of the molecule is CCC(CC)[Si]c1cc(NC(=O)Nc2ccc(OCCN3CCOCC3)c3ccccc23)n(-c2ccc(C)cc2)n1. The monoisotopic (exact) mass is 569 g/mol. The van der Waals surface area contributed by atoms with Gasteiger partial charge in [-0.05, 0) is 42.8 Å². The summed E-state index contributed by atoms with van der Waals surface area (Å²) < 4.78 is 13.4. The first kappa shape index (κ1) is 28.9. The Morgan fingerprint density at radius 1 is 1.00 bits per heavy atom. The van der Waals surface area contributed by atoms with Crippen LogP contribution in [0.2, 0.25) is 5.54 Å². The number of rotatable bonds is 11. The summed E-state index contributed by atoms with van der Waals surface area (Å²) in [7, 11) is 0.585. The van der Waals surface area contributed by atoms with Crippen LogP contribution in [-0.2, 0) is 4.74 Å². The average Bonchev–Trinajstić information content (AvgIpc) is 3.39. The Kier molecular flexibility index (Phi) is 9.71. The number of urea groups is 1. The maximum atomic E-state index is 13.3. The van der Waals surface area contributed by atoms with Crippen LogP contribution in [0.15, 0.2) is 66.7 Å². The molecule has 1 aliphatic rings. The van der Waals surface area contributed by atoms with Gasteiger partial charge in [-0.1, -0.05) is 68.7 Å². The van der Waals surface area contributed by atoms with Gasteiger partial charge in [0.25, 0.3) is 0 Å². The molecule has 8 nitrogen and oxygen atoms in total. The quantitative estimate of drug-likeness (QED) is 0.229. The molecule has 2 radical (unpaired) electrons. The van der Waals surface area contributed by atoms with Crippen LogP contribution in [0, 0.1) is 6.92 Å². The molecule has 2 heterocycles. The normalized spacial score (nSPS) is 14.0. The van der Waals surface area contributed by atoms with Crippen LogP contribution in [0.4, 0.5) is 16.3 Å². The second-order valence-corrected chi connectivity index (χ2v) is 12.0. The minimum absolute atomic E-state index is 0.318. The fourth-order valence-electron chi connectivity index (χ4n) is 5.01. The summed E-state index contributed by atoms with van der Waals surface area (Å²) in [6.45, 7) is 11.4. The summed E-state index contributed by atoms with van der Waals surface area (Å²) in [6, 6.07) is 21.7. The summed E-state index contributed by atoms with van der Waals surface area (Å²) in [5, 5.41) is 13.9. The lowest BCUT2D eigenvalue weighted by molar-refractivity contribution is 0.0323. The van der Waals surface area contributed by atoms with E-state index in [1.807, 2.05) is 59.3 Å². The summed E-state index contributed by atoms with van der Waals surface area (Å²) in [5.74, 6) is 1.46. The number of anilines is 2. The number of carbonyl (C=O) groups is 1. The van der Waals surface area contributed by atoms with Gasteiger partial charge in [0.2, 0.25) is 0 Å². The second kappa shape index (κ2) is 13.8. The Bertz CT molecular complexity index is 1450. The van der Waals surface area contributed by atoms with Crippen LogP contribution in [-0.4, -0.2) is 69.7 Å². The van der Waals surface area contributed by atoms with E-state index in [0.717, 1.165) is 78.9 Å². The Morgan fingerprint density at radius 3 is 2.46 bits per heavy atom. The number of carbonyl (C=O) groups excluding carboxylic acids is 1. The predicted octanol–water partition coefficient (Wildman–Crippen LogP) is 5.63. The van der Waals surface area contributed by atoms with Crippen molar-refractivity contribution in [3.8, 4) is 11.4 Å². The highest BCUT2D eigenvalue weighted by Crippen LogP contribution is 2.32. The zero-order chi connectivity index (χ0) is 28.6. The molecular weight excluding hydrogens is 530 g/mol. The van der Waals surface area contributed by atoms with E-state index in [1.165, 1.54) is 5.56 Å². The van der Waals surface area contributed by atoms with Gasteiger partial charge < -0.3 is 14.8 Å². The molecule has 0 unspecified atom stereocenters. The molecule has 3 aromatic carbocycles. The number of morpholine rings is 1. The fourth-order valence-corrected chi connectivity index (χ4v) is 6.22. The number of hydrogen-bond donors (Lipinski definition) is 2. The largest absolute Gasteiger partial charge is 0.492 e. The van der Waals surface area contributed by atoms with Gasteiger partial charge in [0.15, 0.2) is 0 Å². The molecule has 1 aliphatic heterocycles. The van der Waals surface area contributed by atoms with Crippen molar-refractivity contribution >= 4 is 43.1 Å². The van der Waals surface area contributed by atoms with Gasteiger partial charge in [-0.3, -0.25) is 10.2 Å². The van der Waals surface area contributed by atoms with Gasteiger partial charge in [0.05, 0.1) is 24.6 Å². The first-order valence-electron chi connectivity index (χ1n) is 14.5. The highest BCUT2D eigenvalue weighted by Gasteiger charge is 2.17. The number of benzene rings is 3. The molecule has 1 fully saturated rings. The van der Waals surface area contributed by atoms with Crippen LogP contribution in [0.1, 0.15) is 32.3 Å². The summed E-state index contributed by atoms with van der Waals surface area (Å²) in [4.78, 5) is 15.7. The molecule has 0 bridgehead atoms. The van der Waals surface area contributed by atoms with Crippen LogP contribution in [0.5, 0.6) is 5.75 Å². The van der Waals surface area contributed by atoms with E-state index in [4.69, 9.17) is 14.6 Å². The van der Waals surface area contributed by atoms with Crippen molar-refractivity contribution in [2.24, 2.45) is 0 Å². The van der Waals surface area contributed by atoms with Crippen molar-refractivity contribution in [2.45, 2.75) is 39.2 Å². The lowest BCUT2D eigenvalue weighted by Crippen LogP contribution is -2.38. The third kappa shape index (κ3) is 7.35. The van der Waals surface area contributed by atoms with Gasteiger partial charge in [-0.15, -0.1) is 0 Å². The maximum absolute atomic E-state index is 13.3. The van der Waals surface area contributed by atoms with Crippen molar-refractivity contribution in [1.29, 1.82) is 0 Å². The standard InChI is InChI=1S/C32H39N5O3Si/c1-4-25(5-2)41-31-22-30(37(35-31)24-12-10-23(3)11-13-24)34-32(38)33-28-14-15-29(27-9-7-6-8-26(27)28)40-21-18-36-16-19-39-20-17-36/h6-15,22,25H,4-5,16-21H2,1-3H3,(H2,33,34,38). The number of ether oxygens (including phenoxy) is 2. The molecule has 0 saturated carbocycles. The Balaban J connectivity index is 1.32. The lowest BCUT2D eigenvalue weighted by atomic mass is 10.1. The molecule has 2 amide bonds. The molecule has 5 rings (SSSR count). The van der Waals surface area contributed by atoms with Crippen LogP contribution < -0.4 is 20.7 Å². The Labute approximate surface area is 244 Å². The third-order valence-corrected chi connectivity index (χ3v) is 9.23. The minimum atomic E-state index is -0.318. The predicted molar refractivity (Wildman–Crippen MR) is 167 cm³/mol. The zero-order valence-corrected chi connectivity index (χ0v) is 25.2. The molecule has 1 aromatic heterocycles. The van der Waals surface area contributed by atoms with E-state index >= 15 is 0 Å². The first-order valence-corrected chi connectivity index (χ1v) is 15.6. The molecule has 41 heavy (non-hydrogen) atoms. The van der Waals surface area contributed by atoms with E-state index < -0.39 is 0 Å². The second-order valence-electron chi connectivity index (χ2n) is 10.4. The molecular formula is C32H39N5O3Si. The number of fused-ring (bicyclic) bond motifs is 1. The number of nitrogens with one attached hydrogen (secondary N) is 2. The van der Waals surface area contributed by atoms with Gasteiger partial charge in [0.1, 0.15) is 27.7 Å². The van der Waals surface area contributed by atoms with Gasteiger partial charge in [-0.25, -0.2) is 9.48 Å². The van der Waals surface area contributed by atoms with Crippen molar-refractivity contribution < 1.29 is 14.3 Å². The molecule has 2 N–H and O–H groups in total. The van der Waals surface area contributed by atoms with Crippen LogP contribution >= 0.6 is 0 Å². The van der Waals surface area contributed by atoms with Crippen molar-refractivity contribution in [3.63, 3.8) is 0 Å². The molecule has 4 aromatic rings. The summed E-state index contributed by atoms with van der Waals surface area (Å²) >= 11 is 0. The van der Waals surface area contributed by atoms with Gasteiger partial charge in [0, 0.05) is 35.7 Å². The van der Waals surface area contributed by atoms with Crippen molar-refractivity contribution in [1.82, 2.24) is 14.7 Å². The number of aromatic nitrogens is 2. The van der Waals surface area contributed by atoms with E-state index in [2.05, 4.69) is 48.4 Å². The van der Waals surface area contributed by atoms with Gasteiger partial charge in [-0.2, -0.15) is 5.10 Å². The maximum Gasteiger partial charge on any atom is 0.324 e. The summed E-state index contributed by atoms with van der Waals surface area (Å²) in [6.07, 6.45) is 2.21. The molecule has 214 valence electrons. The number of hydrogen-bond acceptors (Lipinski definition) is 5. The number of amides is 2. The summed E-state index contributed by atoms with van der Waals surface area (Å²) in [5.41, 5.74) is 3.39. The lowest BCUT2D eigenvalue weighted by Gasteiger charge is -2.26. The van der Waals surface area contributed by atoms with Crippen molar-refractivity contribution in [2.75, 3.05) is 50.1 Å². The van der Waals surface area contributed by atoms with E-state index in [0.29, 0.717) is 27.5 Å². The molecule has 0 spiro atoms. The third-order valence-electron chi connectivity index (χ3n) is 7.47. The zero-order valence-electron chi connectivity index (χ0n) is 24.2. The molecule has 1 saturated heterocycles. The number of nitrogens with zero attached hydrogens (tertiary/aromatic N) is 3. The Morgan fingerprint density at radius 2 is 1.73 bits per heavy atom. The highest BCUT2D eigenvalue weighted by atomic mass is 28.2. The topological polar surface area (TPSA) is 80.6 Å². The van der Waals surface area contributed by atoms with E-state index in [-0.39, 0.29) is 6.03 Å². The van der Waals surface area contributed by atoms with Crippen molar-refractivity contribution in [3.05, 3.63) is 72.3 Å². The van der Waals surface area contributed by atoms with Crippen LogP contribution in [0.3, 0.4) is 0 Å². The van der Waals surface area contributed by atoms with E-state index in [1.54, 1.807) is 0 Å².